The topological polar surface area (TPSA) is 105 Å². The van der Waals surface area contributed by atoms with E-state index in [1.165, 1.54) is 56.6 Å². The Hall–Kier alpha value is -3.29. The predicted molar refractivity (Wildman–Crippen MR) is 163 cm³/mol. The average molecular weight is 624 g/mol. The lowest BCUT2D eigenvalue weighted by molar-refractivity contribution is 0.520. The summed E-state index contributed by atoms with van der Waals surface area (Å²) < 4.78 is 82.6. The molecule has 2 aromatic carbocycles. The van der Waals surface area contributed by atoms with Crippen LogP contribution in [0.5, 0.6) is 0 Å². The lowest BCUT2D eigenvalue weighted by atomic mass is 10.0. The molecule has 1 aromatic heterocycles. The van der Waals surface area contributed by atoms with Gasteiger partial charge >= 0.3 is 0 Å². The van der Waals surface area contributed by atoms with Crippen LogP contribution in [-0.4, -0.2) is 64.1 Å². The number of benzene rings is 2. The molecule has 0 radical (unpaired) electrons. The third kappa shape index (κ3) is 6.37. The molecule has 13 heteroatoms. The van der Waals surface area contributed by atoms with Crippen molar-refractivity contribution in [3.05, 3.63) is 71.6 Å². The van der Waals surface area contributed by atoms with Gasteiger partial charge in [-0.3, -0.25) is 0 Å². The zero-order chi connectivity index (χ0) is 31.2. The van der Waals surface area contributed by atoms with E-state index in [1.54, 1.807) is 4.90 Å². The van der Waals surface area contributed by atoms with Gasteiger partial charge in [-0.25, -0.2) is 21.5 Å². The summed E-state index contributed by atoms with van der Waals surface area (Å²) in [6.45, 7) is 9.23. The van der Waals surface area contributed by atoms with E-state index >= 15 is 0 Å². The van der Waals surface area contributed by atoms with Crippen LogP contribution in [0.3, 0.4) is 0 Å². The Morgan fingerprint density at radius 2 is 1.48 bits per heavy atom. The van der Waals surface area contributed by atoms with Gasteiger partial charge in [-0.2, -0.15) is 17.6 Å². The lowest BCUT2D eigenvalue weighted by Crippen LogP contribution is -2.30. The maximum Gasteiger partial charge on any atom is 0.283 e. The fourth-order valence-electron chi connectivity index (χ4n) is 4.71. The molecule has 0 saturated heterocycles. The van der Waals surface area contributed by atoms with Crippen LogP contribution in [0.4, 0.5) is 20.2 Å². The summed E-state index contributed by atoms with van der Waals surface area (Å²) in [7, 11) is -5.04. The van der Waals surface area contributed by atoms with E-state index in [0.29, 0.717) is 49.4 Å². The highest BCUT2D eigenvalue weighted by molar-refractivity contribution is 7.90. The molecule has 2 aliphatic rings. The van der Waals surface area contributed by atoms with Gasteiger partial charge < -0.3 is 10.2 Å². The summed E-state index contributed by atoms with van der Waals surface area (Å²) in [5.74, 6) is -1.28. The zero-order valence-corrected chi connectivity index (χ0v) is 26.5. The monoisotopic (exact) mass is 623 g/mol. The van der Waals surface area contributed by atoms with Crippen LogP contribution in [0.15, 0.2) is 58.3 Å². The van der Waals surface area contributed by atoms with Gasteiger partial charge in [0.25, 0.3) is 10.0 Å². The molecule has 0 fully saturated rings. The van der Waals surface area contributed by atoms with E-state index in [-0.39, 0.29) is 22.0 Å². The number of nitrogens with zero attached hydrogens (tertiary/aromatic N) is 4. The zero-order valence-electron chi connectivity index (χ0n) is 24.9. The minimum atomic E-state index is -4.13. The van der Waals surface area contributed by atoms with Crippen LogP contribution in [0.1, 0.15) is 51.9 Å². The van der Waals surface area contributed by atoms with Gasteiger partial charge in [-0.15, -0.1) is 0 Å². The Morgan fingerprint density at radius 1 is 0.881 bits per heavy atom. The number of aromatic nitrogens is 2. The summed E-state index contributed by atoms with van der Waals surface area (Å²) >= 11 is 0. The highest BCUT2D eigenvalue weighted by Crippen LogP contribution is 2.36. The lowest BCUT2D eigenvalue weighted by Gasteiger charge is -2.29. The van der Waals surface area contributed by atoms with Gasteiger partial charge in [0.2, 0.25) is 10.0 Å². The van der Waals surface area contributed by atoms with E-state index in [0.717, 1.165) is 14.0 Å². The Bertz CT molecular complexity index is 1610. The van der Waals surface area contributed by atoms with Gasteiger partial charge in [0, 0.05) is 33.7 Å². The summed E-state index contributed by atoms with van der Waals surface area (Å²) in [4.78, 5) is 1.50. The van der Waals surface area contributed by atoms with Crippen LogP contribution < -0.4 is 10.2 Å². The number of fused-ring (bicyclic) bond motifs is 1. The number of hydrogen-bond acceptors (Lipinski definition) is 7. The van der Waals surface area contributed by atoms with Crippen molar-refractivity contribution in [1.82, 2.24) is 13.5 Å². The van der Waals surface area contributed by atoms with Crippen molar-refractivity contribution in [1.29, 1.82) is 0 Å². The van der Waals surface area contributed by atoms with Crippen LogP contribution in [-0.2, 0) is 26.5 Å². The molecule has 1 N–H and O–H groups in total. The standard InChI is InChI=1S/C25H27F2N5O4S2.2C2H6/c1-30(2)37(33,34)18-8-10-19(11-9-18)38(35,36)32-22-7-4-14-28-24(22)23(29-32)17-12-15-31(16-13-17)25-20(26)5-3-6-21(25)27;2*1-2/h3,5-6,8-12,28H,4,7,13-16H2,1-2H3;2*1-2H3. The van der Waals surface area contributed by atoms with Crippen molar-refractivity contribution in [2.75, 3.05) is 43.9 Å². The smallest absolute Gasteiger partial charge is 0.283 e. The van der Waals surface area contributed by atoms with Crippen molar-refractivity contribution in [2.45, 2.75) is 56.7 Å². The van der Waals surface area contributed by atoms with Gasteiger partial charge in [0.15, 0.2) is 0 Å². The van der Waals surface area contributed by atoms with Crippen molar-refractivity contribution in [3.63, 3.8) is 0 Å². The van der Waals surface area contributed by atoms with Crippen molar-refractivity contribution < 1.29 is 25.6 Å². The van der Waals surface area contributed by atoms with Crippen molar-refractivity contribution >= 4 is 37.0 Å². The maximum atomic E-state index is 14.3. The van der Waals surface area contributed by atoms with E-state index < -0.39 is 31.7 Å². The van der Waals surface area contributed by atoms with E-state index in [9.17, 15) is 25.6 Å². The number of rotatable bonds is 6. The SMILES string of the molecule is CC.CC.CN(C)S(=O)(=O)c1ccc(S(=O)(=O)n2nc(C3=CCN(c4c(F)cccc4F)CC3)c3c2CCCN3)cc1. The van der Waals surface area contributed by atoms with Gasteiger partial charge in [-0.05, 0) is 61.2 Å². The fourth-order valence-corrected chi connectivity index (χ4v) is 6.95. The van der Waals surface area contributed by atoms with E-state index in [4.69, 9.17) is 0 Å². The summed E-state index contributed by atoms with van der Waals surface area (Å²) in [6, 6.07) is 8.79. The van der Waals surface area contributed by atoms with Gasteiger partial charge in [0.05, 0.1) is 21.2 Å². The predicted octanol–water partition coefficient (Wildman–Crippen LogP) is 5.35. The first-order chi connectivity index (χ1) is 20.0. The Balaban J connectivity index is 0.00000116. The van der Waals surface area contributed by atoms with Crippen LogP contribution in [0, 0.1) is 11.6 Å². The average Bonchev–Trinajstić information content (AvgIpc) is 3.40. The molecule has 3 aromatic rings. The molecule has 230 valence electrons. The van der Waals surface area contributed by atoms with Crippen LogP contribution in [0.25, 0.3) is 5.57 Å². The molecule has 0 bridgehead atoms. The first-order valence-electron chi connectivity index (χ1n) is 14.0. The van der Waals surface area contributed by atoms with E-state index in [2.05, 4.69) is 10.4 Å². The minimum Gasteiger partial charge on any atom is -0.382 e. The minimum absolute atomic E-state index is 0.0190. The van der Waals surface area contributed by atoms with Crippen molar-refractivity contribution in [3.8, 4) is 0 Å². The van der Waals surface area contributed by atoms with Crippen LogP contribution >= 0.6 is 0 Å². The summed E-state index contributed by atoms with van der Waals surface area (Å²) in [5, 5.41) is 7.77. The first-order valence-corrected chi connectivity index (χ1v) is 16.9. The van der Waals surface area contributed by atoms with Gasteiger partial charge in [0.1, 0.15) is 23.0 Å². The number of para-hydroxylation sites is 1. The first kappa shape index (κ1) is 33.2. The quantitative estimate of drug-likeness (QED) is 0.395. The molecule has 0 aliphatic carbocycles. The normalized spacial score (nSPS) is 15.0. The Labute approximate surface area is 247 Å². The van der Waals surface area contributed by atoms with Gasteiger partial charge in [-0.1, -0.05) is 39.8 Å². The van der Waals surface area contributed by atoms with E-state index in [1.807, 2.05) is 33.8 Å². The molecule has 0 unspecified atom stereocenters. The summed E-state index contributed by atoms with van der Waals surface area (Å²) in [5.41, 5.74) is 2.33. The fraction of sp³-hybridized carbons (Fsp3) is 0.414. The highest BCUT2D eigenvalue weighted by Gasteiger charge is 2.31. The Morgan fingerprint density at radius 3 is 2.02 bits per heavy atom. The van der Waals surface area contributed by atoms with Crippen LogP contribution in [0.2, 0.25) is 0 Å². The molecular formula is C29H39F2N5O4S2. The molecule has 3 heterocycles. The molecule has 0 spiro atoms. The largest absolute Gasteiger partial charge is 0.382 e. The molecule has 42 heavy (non-hydrogen) atoms. The third-order valence-electron chi connectivity index (χ3n) is 6.73. The molecule has 0 amide bonds. The number of sulfonamides is 1. The second-order valence-electron chi connectivity index (χ2n) is 9.30. The molecule has 2 aliphatic heterocycles. The molecule has 5 rings (SSSR count). The maximum absolute atomic E-state index is 14.3. The third-order valence-corrected chi connectivity index (χ3v) is 10.2. The number of nitrogens with one attached hydrogen (secondary N) is 1. The number of anilines is 2. The highest BCUT2D eigenvalue weighted by atomic mass is 32.2. The van der Waals surface area contributed by atoms with Crippen molar-refractivity contribution in [2.24, 2.45) is 0 Å². The molecule has 0 saturated carbocycles. The molecule has 0 atom stereocenters. The second kappa shape index (κ2) is 13.8. The summed E-state index contributed by atoms with van der Waals surface area (Å²) in [6.07, 6.45) is 3.43. The molecule has 9 nitrogen and oxygen atoms in total. The number of hydrogen-bond donors (Lipinski definition) is 1. The molecular weight excluding hydrogens is 584 g/mol. The second-order valence-corrected chi connectivity index (χ2v) is 13.2. The number of halogens is 2. The Kier molecular flexibility index (Phi) is 10.9.